The first-order valence-corrected chi connectivity index (χ1v) is 12.6. The molecule has 0 fully saturated rings. The van der Waals surface area contributed by atoms with E-state index in [0.717, 1.165) is 89.6 Å². The largest absolute Gasteiger partial charge is 0.456 e. The van der Waals surface area contributed by atoms with Gasteiger partial charge in [0.1, 0.15) is 23.0 Å². The van der Waals surface area contributed by atoms with Crippen molar-refractivity contribution in [1.82, 2.24) is 15.6 Å². The number of nitrogens with one attached hydrogen (secondary N) is 3. The van der Waals surface area contributed by atoms with E-state index in [0.29, 0.717) is 0 Å². The van der Waals surface area contributed by atoms with Crippen molar-refractivity contribution in [1.29, 1.82) is 0 Å². The van der Waals surface area contributed by atoms with Gasteiger partial charge in [0, 0.05) is 70.9 Å². The van der Waals surface area contributed by atoms with Gasteiger partial charge in [-0.05, 0) is 36.6 Å². The lowest BCUT2D eigenvalue weighted by atomic mass is 10.0. The van der Waals surface area contributed by atoms with Crippen LogP contribution in [0.1, 0.15) is 24.0 Å². The number of aromatic nitrogens is 1. The third-order valence-electron chi connectivity index (χ3n) is 7.02. The highest BCUT2D eigenvalue weighted by Gasteiger charge is 2.13. The van der Waals surface area contributed by atoms with Gasteiger partial charge in [-0.1, -0.05) is 48.5 Å². The van der Waals surface area contributed by atoms with Gasteiger partial charge in [-0.15, -0.1) is 0 Å². The average Bonchev–Trinajstić information content (AvgIpc) is 3.58. The first-order valence-electron chi connectivity index (χ1n) is 12.6. The van der Waals surface area contributed by atoms with E-state index in [1.807, 2.05) is 0 Å². The molecule has 0 aliphatic carbocycles. The molecule has 4 heterocycles. The molecule has 36 heavy (non-hydrogen) atoms. The Labute approximate surface area is 209 Å². The van der Waals surface area contributed by atoms with E-state index in [4.69, 9.17) is 4.42 Å². The fraction of sp³-hybridized carbons (Fsp3) is 0.200. The van der Waals surface area contributed by atoms with Crippen LogP contribution in [0.3, 0.4) is 0 Å². The van der Waals surface area contributed by atoms with Crippen LogP contribution in [0, 0.1) is 0 Å². The van der Waals surface area contributed by atoms with Gasteiger partial charge in [0.25, 0.3) is 0 Å². The predicted octanol–water partition coefficient (Wildman–Crippen LogP) is 5.73. The van der Waals surface area contributed by atoms with Gasteiger partial charge in [-0.2, -0.15) is 0 Å². The third kappa shape index (κ3) is 3.75. The molecule has 0 saturated carbocycles. The minimum absolute atomic E-state index is 0.872. The van der Waals surface area contributed by atoms with Gasteiger partial charge in [-0.25, -0.2) is 0 Å². The van der Waals surface area contributed by atoms with E-state index >= 15 is 0 Å². The summed E-state index contributed by atoms with van der Waals surface area (Å²) >= 11 is 0. The standard InChI is InChI=1S/C30H27N5O/c1-11-31-29(32-12-1)22-9-10-24-25(18-35-26(24)15-22)19-3-5-20(6-4-19)27-16-21-7-8-23(17-28(21)36-27)30-33-13-2-14-34-30/h3-10,15-18,35H,1-2,11-14H2,(H,31,32)(H,33,34). The molecular weight excluding hydrogens is 446 g/mol. The van der Waals surface area contributed by atoms with Crippen LogP contribution in [0.15, 0.2) is 87.3 Å². The molecule has 0 bridgehead atoms. The highest BCUT2D eigenvalue weighted by atomic mass is 16.3. The van der Waals surface area contributed by atoms with Crippen LogP contribution < -0.4 is 10.6 Å². The van der Waals surface area contributed by atoms with Crippen LogP contribution in [0.4, 0.5) is 0 Å². The molecule has 2 aliphatic heterocycles. The number of rotatable bonds is 4. The summed E-state index contributed by atoms with van der Waals surface area (Å²) in [6, 6.07) is 23.5. The monoisotopic (exact) mass is 473 g/mol. The summed E-state index contributed by atoms with van der Waals surface area (Å²) in [5.41, 5.74) is 7.63. The molecule has 0 radical (unpaired) electrons. The van der Waals surface area contributed by atoms with Gasteiger partial charge < -0.3 is 20.0 Å². The summed E-state index contributed by atoms with van der Waals surface area (Å²) < 4.78 is 6.25. The summed E-state index contributed by atoms with van der Waals surface area (Å²) in [5, 5.41) is 9.10. The molecule has 2 aromatic heterocycles. The van der Waals surface area contributed by atoms with Gasteiger partial charge in [0.2, 0.25) is 0 Å². The lowest BCUT2D eigenvalue weighted by Crippen LogP contribution is -2.30. The van der Waals surface area contributed by atoms with Crippen molar-refractivity contribution >= 4 is 33.5 Å². The van der Waals surface area contributed by atoms with Gasteiger partial charge in [0.15, 0.2) is 0 Å². The lowest BCUT2D eigenvalue weighted by Gasteiger charge is -2.14. The zero-order chi connectivity index (χ0) is 23.9. The lowest BCUT2D eigenvalue weighted by molar-refractivity contribution is 0.631. The minimum atomic E-state index is 0.872. The van der Waals surface area contributed by atoms with Crippen molar-refractivity contribution in [2.24, 2.45) is 9.98 Å². The van der Waals surface area contributed by atoms with Crippen molar-refractivity contribution in [3.05, 3.63) is 84.1 Å². The van der Waals surface area contributed by atoms with E-state index in [2.05, 4.69) is 98.5 Å². The molecule has 2 aliphatic rings. The van der Waals surface area contributed by atoms with E-state index in [9.17, 15) is 0 Å². The Hall–Kier alpha value is -4.32. The number of hydrogen-bond acceptors (Lipinski definition) is 5. The van der Waals surface area contributed by atoms with Crippen molar-refractivity contribution in [2.45, 2.75) is 12.8 Å². The molecule has 5 aromatic rings. The maximum atomic E-state index is 6.25. The van der Waals surface area contributed by atoms with Crippen LogP contribution in [-0.2, 0) is 0 Å². The van der Waals surface area contributed by atoms with E-state index in [1.165, 1.54) is 16.5 Å². The number of hydrogen-bond donors (Lipinski definition) is 3. The van der Waals surface area contributed by atoms with Crippen LogP contribution in [0.25, 0.3) is 44.3 Å². The molecule has 178 valence electrons. The van der Waals surface area contributed by atoms with Crippen molar-refractivity contribution in [3.8, 4) is 22.5 Å². The van der Waals surface area contributed by atoms with Gasteiger partial charge in [0.05, 0.1) is 0 Å². The van der Waals surface area contributed by atoms with Gasteiger partial charge in [-0.3, -0.25) is 9.98 Å². The minimum Gasteiger partial charge on any atom is -0.456 e. The number of H-pyrrole nitrogens is 1. The first kappa shape index (κ1) is 21.0. The van der Waals surface area contributed by atoms with E-state index < -0.39 is 0 Å². The normalized spacial score (nSPS) is 15.9. The number of fused-ring (bicyclic) bond motifs is 2. The summed E-state index contributed by atoms with van der Waals surface area (Å²) in [6.07, 6.45) is 4.26. The summed E-state index contributed by atoms with van der Waals surface area (Å²) in [4.78, 5) is 12.7. The zero-order valence-corrected chi connectivity index (χ0v) is 20.0. The Morgan fingerprint density at radius 3 is 2.06 bits per heavy atom. The number of aliphatic imine (C=N–C) groups is 2. The molecule has 0 atom stereocenters. The Morgan fingerprint density at radius 2 is 1.33 bits per heavy atom. The summed E-state index contributed by atoms with van der Waals surface area (Å²) in [7, 11) is 0. The second-order valence-corrected chi connectivity index (χ2v) is 9.42. The zero-order valence-electron chi connectivity index (χ0n) is 20.0. The summed E-state index contributed by atoms with van der Waals surface area (Å²) in [5.74, 6) is 2.82. The van der Waals surface area contributed by atoms with Crippen molar-refractivity contribution in [2.75, 3.05) is 26.2 Å². The quantitative estimate of drug-likeness (QED) is 0.312. The molecule has 0 unspecified atom stereocenters. The molecule has 0 spiro atoms. The fourth-order valence-corrected chi connectivity index (χ4v) is 5.10. The van der Waals surface area contributed by atoms with E-state index in [-0.39, 0.29) is 0 Å². The molecule has 6 nitrogen and oxygen atoms in total. The van der Waals surface area contributed by atoms with Crippen LogP contribution in [0.2, 0.25) is 0 Å². The molecule has 7 rings (SSSR count). The Kier molecular flexibility index (Phi) is 5.09. The topological polar surface area (TPSA) is 77.7 Å². The average molecular weight is 474 g/mol. The van der Waals surface area contributed by atoms with E-state index in [1.54, 1.807) is 0 Å². The van der Waals surface area contributed by atoms with Crippen LogP contribution >= 0.6 is 0 Å². The smallest absolute Gasteiger partial charge is 0.135 e. The molecule has 3 N–H and O–H groups in total. The molecular formula is C30H27N5O. The predicted molar refractivity (Wildman–Crippen MR) is 147 cm³/mol. The molecule has 6 heteroatoms. The Bertz CT molecular complexity index is 1640. The number of furan rings is 1. The SMILES string of the molecule is c1cc2c(-c3ccc(-c4cc5ccc(C6=NCCCN6)cc5o4)cc3)c[nH]c2cc1C1=NCCCN1. The number of benzene rings is 3. The highest BCUT2D eigenvalue weighted by molar-refractivity contribution is 6.04. The summed E-state index contributed by atoms with van der Waals surface area (Å²) in [6.45, 7) is 3.72. The fourth-order valence-electron chi connectivity index (χ4n) is 5.10. The number of amidine groups is 2. The van der Waals surface area contributed by atoms with Gasteiger partial charge >= 0.3 is 0 Å². The second kappa shape index (κ2) is 8.72. The second-order valence-electron chi connectivity index (χ2n) is 9.42. The van der Waals surface area contributed by atoms with Crippen LogP contribution in [0.5, 0.6) is 0 Å². The first-order chi connectivity index (χ1) is 17.8. The molecule has 0 amide bonds. The number of aromatic amines is 1. The Balaban J connectivity index is 1.17. The number of nitrogens with zero attached hydrogens (tertiary/aromatic N) is 2. The van der Waals surface area contributed by atoms with Crippen molar-refractivity contribution in [3.63, 3.8) is 0 Å². The van der Waals surface area contributed by atoms with Crippen LogP contribution in [-0.4, -0.2) is 42.8 Å². The maximum absolute atomic E-state index is 6.25. The molecule has 3 aromatic carbocycles. The Morgan fingerprint density at radius 1 is 0.667 bits per heavy atom. The highest BCUT2D eigenvalue weighted by Crippen LogP contribution is 2.33. The van der Waals surface area contributed by atoms with Crippen molar-refractivity contribution < 1.29 is 4.42 Å². The maximum Gasteiger partial charge on any atom is 0.135 e. The third-order valence-corrected chi connectivity index (χ3v) is 7.02. The molecule has 0 saturated heterocycles.